The van der Waals surface area contributed by atoms with Gasteiger partial charge in [0, 0.05) is 29.6 Å². The van der Waals surface area contributed by atoms with Crippen LogP contribution in [0.25, 0.3) is 16.6 Å². The Morgan fingerprint density at radius 3 is 3.03 bits per heavy atom. The number of aliphatic hydroxyl groups is 1. The van der Waals surface area contributed by atoms with E-state index in [9.17, 15) is 9.90 Å². The van der Waals surface area contributed by atoms with E-state index in [1.54, 1.807) is 29.7 Å². The van der Waals surface area contributed by atoms with E-state index >= 15 is 4.39 Å². The molecule has 4 rings (SSSR count). The van der Waals surface area contributed by atoms with Crippen molar-refractivity contribution in [2.24, 2.45) is 15.9 Å². The number of nitrogens with zero attached hydrogens (tertiary/aromatic N) is 4. The Balaban J connectivity index is 1.85. The van der Waals surface area contributed by atoms with Gasteiger partial charge in [0.2, 0.25) is 6.41 Å². The molecule has 0 radical (unpaired) electrons. The molecular formula is C20H21FN6O3. The molecular weight excluding hydrogens is 391 g/mol. The molecule has 2 heterocycles. The summed E-state index contributed by atoms with van der Waals surface area (Å²) in [5.74, 6) is -0.362. The Bertz CT molecular complexity index is 1090. The number of methoxy groups -OCH3 is 1. The summed E-state index contributed by atoms with van der Waals surface area (Å²) in [6.45, 7) is 3.83. The lowest BCUT2D eigenvalue weighted by atomic mass is 9.96. The number of carbonyl (C=O) groups is 1. The number of aromatic nitrogens is 2. The molecule has 10 heteroatoms. The van der Waals surface area contributed by atoms with Crippen molar-refractivity contribution in [2.45, 2.75) is 18.9 Å². The molecule has 0 saturated heterocycles. The predicted molar refractivity (Wildman–Crippen MR) is 110 cm³/mol. The maximum Gasteiger partial charge on any atom is 0.212 e. The topological polar surface area (TPSA) is 115 Å². The summed E-state index contributed by atoms with van der Waals surface area (Å²) in [6.07, 6.45) is 7.73. The molecule has 2 aliphatic rings. The second kappa shape index (κ2) is 8.07. The van der Waals surface area contributed by atoms with Gasteiger partial charge < -0.3 is 20.1 Å². The molecule has 30 heavy (non-hydrogen) atoms. The first-order chi connectivity index (χ1) is 14.6. The highest BCUT2D eigenvalue weighted by molar-refractivity contribution is 5.98. The van der Waals surface area contributed by atoms with Crippen LogP contribution in [0.5, 0.6) is 5.75 Å². The fourth-order valence-corrected chi connectivity index (χ4v) is 3.55. The number of aliphatic imine (C=N–C) groups is 2. The Labute approximate surface area is 171 Å². The van der Waals surface area contributed by atoms with Crippen LogP contribution < -0.4 is 10.1 Å². The molecule has 2 aromatic rings. The number of aliphatic hydroxyl groups excluding tert-OH is 1. The predicted octanol–water partition coefficient (Wildman–Crippen LogP) is 2.08. The number of nitrogens with one attached hydrogen (secondary N) is 2. The molecule has 3 N–H and O–H groups in total. The molecule has 1 aliphatic heterocycles. The molecule has 156 valence electrons. The summed E-state index contributed by atoms with van der Waals surface area (Å²) in [7, 11) is 1.37. The van der Waals surface area contributed by atoms with E-state index in [2.05, 4.69) is 32.2 Å². The average Bonchev–Trinajstić information content (AvgIpc) is 3.50. The van der Waals surface area contributed by atoms with Gasteiger partial charge in [0.25, 0.3) is 0 Å². The molecule has 1 aliphatic carbocycles. The van der Waals surface area contributed by atoms with Gasteiger partial charge in [0.05, 0.1) is 42.7 Å². The molecule has 1 aromatic heterocycles. The van der Waals surface area contributed by atoms with Crippen molar-refractivity contribution in [3.63, 3.8) is 0 Å². The first-order valence-corrected chi connectivity index (χ1v) is 9.38. The fourth-order valence-electron chi connectivity index (χ4n) is 3.55. The molecule has 1 amide bonds. The van der Waals surface area contributed by atoms with Crippen molar-refractivity contribution in [1.82, 2.24) is 20.4 Å². The van der Waals surface area contributed by atoms with Gasteiger partial charge in [-0.2, -0.15) is 5.10 Å². The highest BCUT2D eigenvalue weighted by Gasteiger charge is 2.36. The minimum absolute atomic E-state index is 0.0130. The van der Waals surface area contributed by atoms with Crippen molar-refractivity contribution in [3.05, 3.63) is 41.4 Å². The molecule has 1 unspecified atom stereocenters. The second-order valence-electron chi connectivity index (χ2n) is 7.03. The van der Waals surface area contributed by atoms with Gasteiger partial charge in [-0.05, 0) is 25.5 Å². The van der Waals surface area contributed by atoms with Crippen molar-refractivity contribution in [1.29, 1.82) is 0 Å². The number of aromatic amines is 1. The van der Waals surface area contributed by atoms with E-state index in [-0.39, 0.29) is 23.1 Å². The van der Waals surface area contributed by atoms with Gasteiger partial charge in [-0.25, -0.2) is 9.38 Å². The number of rotatable bonds is 8. The van der Waals surface area contributed by atoms with Gasteiger partial charge >= 0.3 is 0 Å². The Morgan fingerprint density at radius 1 is 1.57 bits per heavy atom. The largest absolute Gasteiger partial charge is 0.493 e. The minimum atomic E-state index is -0.935. The smallest absolute Gasteiger partial charge is 0.212 e. The molecule has 0 spiro atoms. The first kappa shape index (κ1) is 19.8. The summed E-state index contributed by atoms with van der Waals surface area (Å²) in [4.78, 5) is 20.6. The first-order valence-electron chi connectivity index (χ1n) is 9.38. The van der Waals surface area contributed by atoms with Gasteiger partial charge in [-0.1, -0.05) is 0 Å². The number of fused-ring (bicyclic) bond motifs is 1. The molecule has 1 aromatic carbocycles. The zero-order valence-corrected chi connectivity index (χ0v) is 16.3. The van der Waals surface area contributed by atoms with E-state index in [0.29, 0.717) is 35.1 Å². The molecule has 9 nitrogen and oxygen atoms in total. The Kier molecular flexibility index (Phi) is 5.32. The van der Waals surface area contributed by atoms with Gasteiger partial charge in [0.1, 0.15) is 5.82 Å². The maximum absolute atomic E-state index is 15.5. The summed E-state index contributed by atoms with van der Waals surface area (Å²) < 4.78 is 20.9. The van der Waals surface area contributed by atoms with Crippen molar-refractivity contribution in [2.75, 3.05) is 13.7 Å². The summed E-state index contributed by atoms with van der Waals surface area (Å²) in [5.41, 5.74) is 1.43. The van der Waals surface area contributed by atoms with Gasteiger partial charge in [-0.3, -0.25) is 14.9 Å². The highest BCUT2D eigenvalue weighted by Crippen LogP contribution is 2.47. The number of carbonyl (C=O) groups excluding carboxylic acids is 1. The number of H-pyrrole nitrogens is 1. The van der Waals surface area contributed by atoms with Crippen molar-refractivity contribution >= 4 is 35.9 Å². The second-order valence-corrected chi connectivity index (χ2v) is 7.03. The highest BCUT2D eigenvalue weighted by atomic mass is 19.1. The van der Waals surface area contributed by atoms with Gasteiger partial charge in [0.15, 0.2) is 11.6 Å². The van der Waals surface area contributed by atoms with Crippen LogP contribution >= 0.6 is 0 Å². The van der Waals surface area contributed by atoms with Crippen LogP contribution in [0.3, 0.4) is 0 Å². The normalized spacial score (nSPS) is 17.6. The number of benzene rings is 1. The van der Waals surface area contributed by atoms with Crippen LogP contribution in [0.15, 0.2) is 34.4 Å². The van der Waals surface area contributed by atoms with Crippen LogP contribution in [0, 0.1) is 11.7 Å². The van der Waals surface area contributed by atoms with E-state index in [0.717, 1.165) is 12.8 Å². The van der Waals surface area contributed by atoms with Crippen LogP contribution in [0.2, 0.25) is 0 Å². The SMILES string of the molecule is C=N/C(=C\N1C=C(c2c(OC)c(F)c(C(O)C3CC3)c3[nH]ncc23)N=CC1)NC=O. The Morgan fingerprint density at radius 2 is 2.37 bits per heavy atom. The third-order valence-corrected chi connectivity index (χ3v) is 5.14. The van der Waals surface area contributed by atoms with E-state index in [4.69, 9.17) is 4.74 Å². The van der Waals surface area contributed by atoms with E-state index < -0.39 is 11.9 Å². The van der Waals surface area contributed by atoms with Crippen LogP contribution in [-0.4, -0.2) is 53.2 Å². The van der Waals surface area contributed by atoms with E-state index in [1.165, 1.54) is 7.11 Å². The lowest BCUT2D eigenvalue weighted by Gasteiger charge is -2.22. The monoisotopic (exact) mass is 412 g/mol. The lowest BCUT2D eigenvalue weighted by Crippen LogP contribution is -2.20. The standard InChI is InChI=1S/C20H21FN6O3/c1-22-14(24-10-28)9-27-6-5-23-13(8-27)15-12-7-25-26-18(12)16(17(21)20(15)30-2)19(29)11-3-4-11/h5,7-11,19,29H,1,3-4,6H2,2H3,(H,24,28)(H,25,26)/b14-9+. The fraction of sp³-hybridized carbons (Fsp3) is 0.300. The molecule has 1 atom stereocenters. The Hall–Kier alpha value is -3.53. The average molecular weight is 412 g/mol. The molecule has 1 saturated carbocycles. The molecule has 1 fully saturated rings. The van der Waals surface area contributed by atoms with Crippen molar-refractivity contribution in [3.8, 4) is 5.75 Å². The quantitative estimate of drug-likeness (QED) is 0.454. The lowest BCUT2D eigenvalue weighted by molar-refractivity contribution is -0.108. The number of amides is 1. The number of ether oxygens (including phenoxy) is 1. The zero-order chi connectivity index (χ0) is 21.3. The maximum atomic E-state index is 15.5. The third kappa shape index (κ3) is 3.45. The minimum Gasteiger partial charge on any atom is -0.493 e. The zero-order valence-electron chi connectivity index (χ0n) is 16.3. The summed E-state index contributed by atoms with van der Waals surface area (Å²) in [6, 6.07) is 0. The van der Waals surface area contributed by atoms with Crippen LogP contribution in [0.4, 0.5) is 4.39 Å². The van der Waals surface area contributed by atoms with E-state index in [1.807, 2.05) is 0 Å². The van der Waals surface area contributed by atoms with Crippen molar-refractivity contribution < 1.29 is 19.0 Å². The van der Waals surface area contributed by atoms with Crippen LogP contribution in [0.1, 0.15) is 30.1 Å². The van der Waals surface area contributed by atoms with Crippen LogP contribution in [-0.2, 0) is 4.79 Å². The third-order valence-electron chi connectivity index (χ3n) is 5.14. The number of hydrogen-bond donors (Lipinski definition) is 3. The summed E-state index contributed by atoms with van der Waals surface area (Å²) >= 11 is 0. The van der Waals surface area contributed by atoms with Gasteiger partial charge in [-0.15, -0.1) is 0 Å². The summed E-state index contributed by atoms with van der Waals surface area (Å²) in [5, 5.41) is 20.5. The number of hydrogen-bond acceptors (Lipinski definition) is 7. The molecule has 0 bridgehead atoms. The number of halogens is 1.